The minimum absolute atomic E-state index is 0.272. The number of aryl methyl sites for hydroxylation is 1. The van der Waals surface area contributed by atoms with Crippen LogP contribution in [0.2, 0.25) is 0 Å². The quantitative estimate of drug-likeness (QED) is 0.534. The first-order chi connectivity index (χ1) is 13.0. The molecule has 0 aliphatic heterocycles. The van der Waals surface area contributed by atoms with E-state index in [2.05, 4.69) is 41.6 Å². The summed E-state index contributed by atoms with van der Waals surface area (Å²) < 4.78 is 16.2. The van der Waals surface area contributed by atoms with Gasteiger partial charge in [0.25, 0.3) is 0 Å². The molecule has 0 saturated carbocycles. The molecule has 6 nitrogen and oxygen atoms in total. The third kappa shape index (κ3) is 5.79. The number of benzene rings is 1. The summed E-state index contributed by atoms with van der Waals surface area (Å²) in [7, 11) is 6.60. The van der Waals surface area contributed by atoms with Gasteiger partial charge in [-0.3, -0.25) is 4.99 Å². The fraction of sp³-hybridized carbons (Fsp3) is 0.450. The maximum absolute atomic E-state index is 5.41. The van der Waals surface area contributed by atoms with Crippen molar-refractivity contribution >= 4 is 17.3 Å². The first-order valence-electron chi connectivity index (χ1n) is 8.82. The van der Waals surface area contributed by atoms with Crippen molar-refractivity contribution in [3.05, 3.63) is 39.6 Å². The highest BCUT2D eigenvalue weighted by Crippen LogP contribution is 2.38. The van der Waals surface area contributed by atoms with Crippen molar-refractivity contribution in [2.24, 2.45) is 4.99 Å². The lowest BCUT2D eigenvalue weighted by atomic mass is 10.1. The van der Waals surface area contributed by atoms with Crippen LogP contribution in [0.15, 0.2) is 29.3 Å². The van der Waals surface area contributed by atoms with Crippen LogP contribution in [0.1, 0.15) is 22.2 Å². The van der Waals surface area contributed by atoms with Crippen LogP contribution < -0.4 is 24.8 Å². The van der Waals surface area contributed by atoms with Gasteiger partial charge < -0.3 is 24.8 Å². The zero-order valence-corrected chi connectivity index (χ0v) is 17.7. The van der Waals surface area contributed by atoms with Crippen molar-refractivity contribution in [2.75, 3.05) is 28.4 Å². The number of hydrogen-bond donors (Lipinski definition) is 2. The van der Waals surface area contributed by atoms with Gasteiger partial charge >= 0.3 is 0 Å². The van der Waals surface area contributed by atoms with E-state index in [0.717, 1.165) is 17.9 Å². The number of rotatable bonds is 8. The molecule has 7 heteroatoms. The number of guanidine groups is 1. The van der Waals surface area contributed by atoms with Crippen LogP contribution >= 0.6 is 11.3 Å². The highest BCUT2D eigenvalue weighted by atomic mass is 32.1. The Kier molecular flexibility index (Phi) is 7.79. The van der Waals surface area contributed by atoms with Gasteiger partial charge in [-0.05, 0) is 43.7 Å². The molecule has 1 heterocycles. The molecule has 0 bridgehead atoms. The Morgan fingerprint density at radius 3 is 2.26 bits per heavy atom. The normalized spacial score (nSPS) is 12.4. The first-order valence-corrected chi connectivity index (χ1v) is 9.63. The predicted molar refractivity (Wildman–Crippen MR) is 112 cm³/mol. The molecule has 0 radical (unpaired) electrons. The summed E-state index contributed by atoms with van der Waals surface area (Å²) in [6, 6.07) is 8.47. The average Bonchev–Trinajstić information content (AvgIpc) is 3.08. The van der Waals surface area contributed by atoms with Gasteiger partial charge in [0.1, 0.15) is 0 Å². The minimum atomic E-state index is 0.272. The van der Waals surface area contributed by atoms with Gasteiger partial charge in [-0.1, -0.05) is 0 Å². The number of nitrogens with zero attached hydrogens (tertiary/aromatic N) is 1. The Hall–Kier alpha value is -2.41. The van der Waals surface area contributed by atoms with Crippen molar-refractivity contribution in [2.45, 2.75) is 32.9 Å². The van der Waals surface area contributed by atoms with Crippen LogP contribution in [0.25, 0.3) is 0 Å². The molecule has 2 rings (SSSR count). The van der Waals surface area contributed by atoms with Crippen LogP contribution in [0.4, 0.5) is 0 Å². The Morgan fingerprint density at radius 1 is 1.11 bits per heavy atom. The van der Waals surface area contributed by atoms with E-state index in [-0.39, 0.29) is 6.04 Å². The molecule has 148 valence electrons. The summed E-state index contributed by atoms with van der Waals surface area (Å²) in [4.78, 5) is 7.02. The lowest BCUT2D eigenvalue weighted by Crippen LogP contribution is -2.42. The van der Waals surface area contributed by atoms with Gasteiger partial charge in [-0.2, -0.15) is 0 Å². The Labute approximate surface area is 165 Å². The number of methoxy groups -OCH3 is 3. The molecular weight excluding hydrogens is 362 g/mol. The molecule has 1 aromatic heterocycles. The zero-order valence-electron chi connectivity index (χ0n) is 16.9. The van der Waals surface area contributed by atoms with Gasteiger partial charge in [0.15, 0.2) is 17.5 Å². The summed E-state index contributed by atoms with van der Waals surface area (Å²) in [5.74, 6) is 2.62. The zero-order chi connectivity index (χ0) is 19.8. The molecule has 1 aromatic carbocycles. The first kappa shape index (κ1) is 20.9. The molecule has 2 N–H and O–H groups in total. The van der Waals surface area contributed by atoms with Crippen molar-refractivity contribution in [3.63, 3.8) is 0 Å². The van der Waals surface area contributed by atoms with Gasteiger partial charge in [-0.15, -0.1) is 11.3 Å². The largest absolute Gasteiger partial charge is 0.493 e. The lowest BCUT2D eigenvalue weighted by Gasteiger charge is -2.18. The van der Waals surface area contributed by atoms with Crippen molar-refractivity contribution in [3.8, 4) is 17.2 Å². The number of ether oxygens (including phenoxy) is 3. The van der Waals surface area contributed by atoms with Crippen molar-refractivity contribution in [1.29, 1.82) is 0 Å². The monoisotopic (exact) mass is 391 g/mol. The molecule has 1 unspecified atom stereocenters. The standard InChI is InChI=1S/C20H29N3O3S/c1-13(9-16-8-7-14(2)27-16)23-20(21-3)22-12-15-10-17(24-4)19(26-6)18(11-15)25-5/h7-8,10-11,13H,9,12H2,1-6H3,(H2,21,22,23). The Balaban J connectivity index is 1.99. The third-order valence-corrected chi connectivity index (χ3v) is 5.12. The summed E-state index contributed by atoms with van der Waals surface area (Å²) >= 11 is 1.83. The molecule has 0 spiro atoms. The molecule has 0 saturated heterocycles. The van der Waals surface area contributed by atoms with Crippen LogP contribution in [-0.2, 0) is 13.0 Å². The minimum Gasteiger partial charge on any atom is -0.493 e. The number of aliphatic imine (C=N–C) groups is 1. The van der Waals surface area contributed by atoms with E-state index in [0.29, 0.717) is 23.8 Å². The summed E-state index contributed by atoms with van der Waals surface area (Å²) in [6.07, 6.45) is 0.962. The number of thiophene rings is 1. The fourth-order valence-electron chi connectivity index (χ4n) is 2.80. The molecule has 0 aliphatic rings. The van der Waals surface area contributed by atoms with Gasteiger partial charge in [0.2, 0.25) is 5.75 Å². The third-order valence-electron chi connectivity index (χ3n) is 4.09. The fourth-order valence-corrected chi connectivity index (χ4v) is 3.82. The van der Waals surface area contributed by atoms with Gasteiger partial charge in [0.05, 0.1) is 21.3 Å². The van der Waals surface area contributed by atoms with Crippen LogP contribution in [0.5, 0.6) is 17.2 Å². The highest BCUT2D eigenvalue weighted by molar-refractivity contribution is 7.11. The molecular formula is C20H29N3O3S. The van der Waals surface area contributed by atoms with Crippen LogP contribution in [0, 0.1) is 6.92 Å². The van der Waals surface area contributed by atoms with Crippen LogP contribution in [0.3, 0.4) is 0 Å². The van der Waals surface area contributed by atoms with Crippen LogP contribution in [-0.4, -0.2) is 40.4 Å². The van der Waals surface area contributed by atoms with Crippen molar-refractivity contribution in [1.82, 2.24) is 10.6 Å². The highest BCUT2D eigenvalue weighted by Gasteiger charge is 2.14. The maximum Gasteiger partial charge on any atom is 0.203 e. The van der Waals surface area contributed by atoms with Gasteiger partial charge in [0, 0.05) is 35.8 Å². The molecule has 0 aliphatic carbocycles. The molecule has 0 fully saturated rings. The second-order valence-corrected chi connectivity index (χ2v) is 7.59. The van der Waals surface area contributed by atoms with E-state index in [1.165, 1.54) is 9.75 Å². The smallest absolute Gasteiger partial charge is 0.203 e. The Morgan fingerprint density at radius 2 is 1.78 bits per heavy atom. The number of nitrogens with one attached hydrogen (secondary N) is 2. The Bertz CT molecular complexity index is 749. The van der Waals surface area contributed by atoms with E-state index in [4.69, 9.17) is 14.2 Å². The molecule has 27 heavy (non-hydrogen) atoms. The molecule has 1 atom stereocenters. The molecule has 2 aromatic rings. The SMILES string of the molecule is CN=C(NCc1cc(OC)c(OC)c(OC)c1)NC(C)Cc1ccc(C)s1. The summed E-state index contributed by atoms with van der Waals surface area (Å²) in [6.45, 7) is 4.87. The van der Waals surface area contributed by atoms with E-state index in [1.807, 2.05) is 23.5 Å². The van der Waals surface area contributed by atoms with E-state index in [9.17, 15) is 0 Å². The second kappa shape index (κ2) is 10.1. The average molecular weight is 392 g/mol. The molecule has 0 amide bonds. The predicted octanol–water partition coefficient (Wildman–Crippen LogP) is 3.38. The number of hydrogen-bond acceptors (Lipinski definition) is 5. The lowest BCUT2D eigenvalue weighted by molar-refractivity contribution is 0.323. The van der Waals surface area contributed by atoms with E-state index in [1.54, 1.807) is 28.4 Å². The van der Waals surface area contributed by atoms with Gasteiger partial charge in [-0.25, -0.2) is 0 Å². The second-order valence-electron chi connectivity index (χ2n) is 6.22. The topological polar surface area (TPSA) is 64.1 Å². The van der Waals surface area contributed by atoms with Crippen molar-refractivity contribution < 1.29 is 14.2 Å². The van der Waals surface area contributed by atoms with E-state index >= 15 is 0 Å². The summed E-state index contributed by atoms with van der Waals surface area (Å²) in [5.41, 5.74) is 1.01. The maximum atomic E-state index is 5.41. The summed E-state index contributed by atoms with van der Waals surface area (Å²) in [5, 5.41) is 6.77. The van der Waals surface area contributed by atoms with E-state index < -0.39 is 0 Å².